The van der Waals surface area contributed by atoms with Crippen molar-refractivity contribution < 1.29 is 4.42 Å². The molecule has 0 radical (unpaired) electrons. The molecule has 0 saturated carbocycles. The molecule has 4 rings (SSSR count). The molecule has 2 aromatic carbocycles. The number of rotatable bonds is 5. The molecule has 0 fully saturated rings. The van der Waals surface area contributed by atoms with Crippen LogP contribution in [0.15, 0.2) is 51.9 Å². The summed E-state index contributed by atoms with van der Waals surface area (Å²) in [6, 6.07) is 14.3. The number of nitrogens with two attached hydrogens (primary N) is 1. The normalized spacial score (nSPS) is 11.9. The molecule has 0 aromatic heterocycles. The number of hydrogen-bond acceptors (Lipinski definition) is 5. The topological polar surface area (TPSA) is 76.4 Å². The van der Waals surface area contributed by atoms with E-state index in [1.54, 1.807) is 0 Å². The quantitative estimate of drug-likeness (QED) is 0.296. The largest absolute Gasteiger partial charge is 0.453 e. The molecule has 0 spiro atoms. The highest BCUT2D eigenvalue weighted by molar-refractivity contribution is 5.96. The predicted molar refractivity (Wildman–Crippen MR) is 118 cm³/mol. The fourth-order valence-corrected chi connectivity index (χ4v) is 3.39. The summed E-state index contributed by atoms with van der Waals surface area (Å²) in [5, 5.41) is 6.44. The van der Waals surface area contributed by atoms with Crippen LogP contribution in [0.4, 0.5) is 5.69 Å². The van der Waals surface area contributed by atoms with E-state index >= 15 is 0 Å². The highest BCUT2D eigenvalue weighted by atomic mass is 35.5. The van der Waals surface area contributed by atoms with E-state index in [0.717, 1.165) is 62.9 Å². The second-order valence-electron chi connectivity index (χ2n) is 6.69. The summed E-state index contributed by atoms with van der Waals surface area (Å²) in [4.78, 5) is 9.66. The predicted octanol–water partition coefficient (Wildman–Crippen LogP) is 4.50. The van der Waals surface area contributed by atoms with Crippen LogP contribution in [0.3, 0.4) is 0 Å². The highest BCUT2D eigenvalue weighted by Gasteiger charge is 2.15. The van der Waals surface area contributed by atoms with Crippen molar-refractivity contribution in [2.75, 3.05) is 25.0 Å². The molecule has 1 aliphatic carbocycles. The molecule has 6 heteroatoms. The van der Waals surface area contributed by atoms with Gasteiger partial charge in [0, 0.05) is 41.7 Å². The third-order valence-corrected chi connectivity index (χ3v) is 4.73. The van der Waals surface area contributed by atoms with Crippen LogP contribution in [-0.2, 0) is 0 Å². The first-order valence-corrected chi connectivity index (χ1v) is 9.42. The van der Waals surface area contributed by atoms with Gasteiger partial charge in [0.25, 0.3) is 0 Å². The zero-order chi connectivity index (χ0) is 18.8. The molecule has 1 heterocycles. The van der Waals surface area contributed by atoms with Crippen LogP contribution < -0.4 is 16.4 Å². The van der Waals surface area contributed by atoms with Gasteiger partial charge in [-0.3, -0.25) is 4.99 Å². The SMILES string of the molecule is CCNc1cc2oc3cc(=NCCCN)c4ccccc4c-3nc2cc1C.Cl. The molecule has 28 heavy (non-hydrogen) atoms. The summed E-state index contributed by atoms with van der Waals surface area (Å²) in [6.07, 6.45) is 0.866. The maximum Gasteiger partial charge on any atom is 0.155 e. The molecular formula is C22H25ClN4O. The maximum absolute atomic E-state index is 6.26. The summed E-state index contributed by atoms with van der Waals surface area (Å²) >= 11 is 0. The number of halogens is 1. The molecule has 146 valence electrons. The first-order valence-electron chi connectivity index (χ1n) is 9.42. The van der Waals surface area contributed by atoms with Crippen molar-refractivity contribution in [2.45, 2.75) is 20.3 Å². The van der Waals surface area contributed by atoms with Gasteiger partial charge >= 0.3 is 0 Å². The van der Waals surface area contributed by atoms with Gasteiger partial charge < -0.3 is 15.5 Å². The Morgan fingerprint density at radius 3 is 2.68 bits per heavy atom. The molecule has 2 aromatic rings. The van der Waals surface area contributed by atoms with Crippen LogP contribution in [0, 0.1) is 6.92 Å². The summed E-state index contributed by atoms with van der Waals surface area (Å²) in [5.74, 6) is 0.749. The second-order valence-corrected chi connectivity index (χ2v) is 6.69. The summed E-state index contributed by atoms with van der Waals surface area (Å²) in [5.41, 5.74) is 10.3. The van der Waals surface area contributed by atoms with Gasteiger partial charge in [-0.25, -0.2) is 4.98 Å². The number of anilines is 1. The van der Waals surface area contributed by atoms with Gasteiger partial charge in [0.05, 0.1) is 5.36 Å². The molecule has 0 bridgehead atoms. The molecule has 5 nitrogen and oxygen atoms in total. The van der Waals surface area contributed by atoms with Gasteiger partial charge in [0.1, 0.15) is 11.2 Å². The van der Waals surface area contributed by atoms with Crippen molar-refractivity contribution in [3.05, 3.63) is 53.4 Å². The van der Waals surface area contributed by atoms with E-state index in [1.807, 2.05) is 24.3 Å². The van der Waals surface area contributed by atoms with Gasteiger partial charge in [0.15, 0.2) is 11.3 Å². The zero-order valence-corrected chi connectivity index (χ0v) is 17.0. The minimum Gasteiger partial charge on any atom is -0.453 e. The van der Waals surface area contributed by atoms with Gasteiger partial charge in [-0.1, -0.05) is 24.3 Å². The van der Waals surface area contributed by atoms with Crippen molar-refractivity contribution >= 4 is 40.0 Å². The molecule has 0 amide bonds. The zero-order valence-electron chi connectivity index (χ0n) is 16.2. The first-order chi connectivity index (χ1) is 13.2. The van der Waals surface area contributed by atoms with Gasteiger partial charge in [-0.2, -0.15) is 0 Å². The Hall–Kier alpha value is -2.63. The lowest BCUT2D eigenvalue weighted by molar-refractivity contribution is 0.613. The number of benzene rings is 3. The summed E-state index contributed by atoms with van der Waals surface area (Å²) in [7, 11) is 0. The molecular weight excluding hydrogens is 372 g/mol. The van der Waals surface area contributed by atoms with Gasteiger partial charge in [0.2, 0.25) is 0 Å². The lowest BCUT2D eigenvalue weighted by Gasteiger charge is -2.13. The lowest BCUT2D eigenvalue weighted by atomic mass is 10.0. The molecule has 0 atom stereocenters. The minimum absolute atomic E-state index is 0. The van der Waals surface area contributed by atoms with Crippen LogP contribution in [0.2, 0.25) is 0 Å². The Morgan fingerprint density at radius 2 is 1.93 bits per heavy atom. The van der Waals surface area contributed by atoms with E-state index < -0.39 is 0 Å². The monoisotopic (exact) mass is 396 g/mol. The highest BCUT2D eigenvalue weighted by Crippen LogP contribution is 2.32. The Balaban J connectivity index is 0.00000225. The Bertz CT molecular complexity index is 1150. The molecule has 0 unspecified atom stereocenters. The fraction of sp³-hybridized carbons (Fsp3) is 0.273. The Kier molecular flexibility index (Phi) is 6.17. The van der Waals surface area contributed by atoms with Crippen LogP contribution in [-0.4, -0.2) is 24.6 Å². The van der Waals surface area contributed by atoms with E-state index in [4.69, 9.17) is 20.1 Å². The van der Waals surface area contributed by atoms with Crippen molar-refractivity contribution in [1.29, 1.82) is 0 Å². The van der Waals surface area contributed by atoms with Crippen LogP contribution >= 0.6 is 12.4 Å². The smallest absolute Gasteiger partial charge is 0.155 e. The number of hydrogen-bond donors (Lipinski definition) is 2. The third-order valence-electron chi connectivity index (χ3n) is 4.73. The van der Waals surface area contributed by atoms with E-state index in [1.165, 1.54) is 0 Å². The van der Waals surface area contributed by atoms with Gasteiger partial charge in [-0.05, 0) is 38.4 Å². The van der Waals surface area contributed by atoms with Crippen molar-refractivity contribution in [2.24, 2.45) is 10.7 Å². The number of aromatic nitrogens is 1. The molecule has 1 aliphatic heterocycles. The first kappa shape index (κ1) is 20.1. The van der Waals surface area contributed by atoms with E-state index in [9.17, 15) is 0 Å². The average Bonchev–Trinajstić information content (AvgIpc) is 2.68. The van der Waals surface area contributed by atoms with E-state index in [-0.39, 0.29) is 12.4 Å². The maximum atomic E-state index is 6.26. The van der Waals surface area contributed by atoms with Crippen molar-refractivity contribution in [3.63, 3.8) is 0 Å². The number of fused-ring (bicyclic) bond motifs is 4. The van der Waals surface area contributed by atoms with Crippen molar-refractivity contribution in [1.82, 2.24) is 4.98 Å². The molecule has 3 N–H and O–H groups in total. The van der Waals surface area contributed by atoms with Crippen LogP contribution in [0.25, 0.3) is 33.3 Å². The lowest BCUT2D eigenvalue weighted by Crippen LogP contribution is -2.09. The Labute approximate surface area is 170 Å². The average molecular weight is 397 g/mol. The number of nitrogens with one attached hydrogen (secondary N) is 1. The van der Waals surface area contributed by atoms with Gasteiger partial charge in [-0.15, -0.1) is 12.4 Å². The summed E-state index contributed by atoms with van der Waals surface area (Å²) in [6.45, 7) is 6.37. The summed E-state index contributed by atoms with van der Waals surface area (Å²) < 4.78 is 6.26. The van der Waals surface area contributed by atoms with E-state index in [2.05, 4.69) is 37.4 Å². The van der Waals surface area contributed by atoms with E-state index in [0.29, 0.717) is 13.1 Å². The fourth-order valence-electron chi connectivity index (χ4n) is 3.39. The van der Waals surface area contributed by atoms with Crippen molar-refractivity contribution in [3.8, 4) is 11.5 Å². The molecule has 2 aliphatic rings. The number of aryl methyl sites for hydroxylation is 1. The standard InChI is InChI=1S/C22H24N4O.ClH/c1-3-24-17-12-20-19(11-14(17)2)26-22-16-8-5-4-7-15(16)18(13-21(22)27-20)25-10-6-9-23;/h4-5,7-8,11-13,24H,3,6,9-10,23H2,1-2H3;1H. The van der Waals surface area contributed by atoms with Crippen LogP contribution in [0.5, 0.6) is 0 Å². The second kappa shape index (κ2) is 8.59. The molecule has 0 saturated heterocycles. The third kappa shape index (κ3) is 3.68. The minimum atomic E-state index is 0. The van der Waals surface area contributed by atoms with Crippen LogP contribution in [0.1, 0.15) is 18.9 Å². The Morgan fingerprint density at radius 1 is 1.14 bits per heavy atom. The number of nitrogens with zero attached hydrogens (tertiary/aromatic N) is 2.